The van der Waals surface area contributed by atoms with Gasteiger partial charge in [0.05, 0.1) is 13.2 Å². The average Bonchev–Trinajstić information content (AvgIpc) is 2.37. The molecule has 1 rings (SSSR count). The molecule has 0 aliphatic rings. The summed E-state index contributed by atoms with van der Waals surface area (Å²) in [6.45, 7) is 5.95. The van der Waals surface area contributed by atoms with Gasteiger partial charge in [0.25, 0.3) is 5.91 Å². The topological polar surface area (TPSA) is 64.6 Å². The Labute approximate surface area is 113 Å². The summed E-state index contributed by atoms with van der Waals surface area (Å²) in [7, 11) is -3.24. The third-order valence-corrected chi connectivity index (χ3v) is 4.25. The maximum atomic E-state index is 12.1. The molecule has 1 N–H and O–H groups in total. The second-order valence-electron chi connectivity index (χ2n) is 3.98. The first-order chi connectivity index (χ1) is 9.00. The van der Waals surface area contributed by atoms with Crippen LogP contribution in [-0.2, 0) is 13.6 Å². The van der Waals surface area contributed by atoms with Gasteiger partial charge in [-0.3, -0.25) is 9.36 Å². The molecular formula is C13H20NO4P. The summed E-state index contributed by atoms with van der Waals surface area (Å²) in [5.41, 5.74) is 1.59. The van der Waals surface area contributed by atoms with E-state index in [2.05, 4.69) is 5.32 Å². The van der Waals surface area contributed by atoms with Crippen LogP contribution in [0.1, 0.15) is 29.8 Å². The number of hydrogen-bond acceptors (Lipinski definition) is 4. The molecule has 5 nitrogen and oxygen atoms in total. The number of carbonyl (C=O) groups excluding carboxylic acids is 1. The van der Waals surface area contributed by atoms with Crippen molar-refractivity contribution in [3.63, 3.8) is 0 Å². The molecule has 0 saturated carbocycles. The molecule has 0 unspecified atom stereocenters. The van der Waals surface area contributed by atoms with Crippen molar-refractivity contribution in [1.82, 2.24) is 5.32 Å². The third-order valence-electron chi connectivity index (χ3n) is 2.40. The Hall–Kier alpha value is -1.16. The lowest BCUT2D eigenvalue weighted by molar-refractivity contribution is 0.0954. The Kier molecular flexibility index (Phi) is 6.22. The normalized spacial score (nSPS) is 11.3. The van der Waals surface area contributed by atoms with Crippen LogP contribution in [0.3, 0.4) is 0 Å². The van der Waals surface area contributed by atoms with Crippen LogP contribution in [0.15, 0.2) is 24.3 Å². The zero-order chi connectivity index (χ0) is 14.3. The predicted octanol–water partition coefficient (Wildman–Crippen LogP) is 2.95. The van der Waals surface area contributed by atoms with Crippen molar-refractivity contribution < 1.29 is 18.4 Å². The Balaban J connectivity index is 2.61. The van der Waals surface area contributed by atoms with Crippen LogP contribution in [0, 0.1) is 6.92 Å². The first-order valence-corrected chi connectivity index (χ1v) is 7.96. The SMILES string of the molecule is CCOP(=O)(CNC(=O)c1ccc(C)cc1)OCC. The number of hydrogen-bond donors (Lipinski definition) is 1. The Morgan fingerprint density at radius 3 is 2.16 bits per heavy atom. The number of nitrogens with one attached hydrogen (secondary N) is 1. The van der Waals surface area contributed by atoms with E-state index < -0.39 is 7.60 Å². The smallest absolute Gasteiger partial charge is 0.340 e. The zero-order valence-electron chi connectivity index (χ0n) is 11.5. The fourth-order valence-electron chi connectivity index (χ4n) is 1.50. The summed E-state index contributed by atoms with van der Waals surface area (Å²) >= 11 is 0. The van der Waals surface area contributed by atoms with E-state index in [-0.39, 0.29) is 25.4 Å². The minimum absolute atomic E-state index is 0.124. The van der Waals surface area contributed by atoms with Crippen molar-refractivity contribution in [2.75, 3.05) is 19.5 Å². The van der Waals surface area contributed by atoms with Crippen molar-refractivity contribution >= 4 is 13.5 Å². The van der Waals surface area contributed by atoms with E-state index in [0.717, 1.165) is 5.56 Å². The van der Waals surface area contributed by atoms with Gasteiger partial charge in [-0.15, -0.1) is 0 Å². The molecule has 0 aromatic heterocycles. The number of carbonyl (C=O) groups is 1. The van der Waals surface area contributed by atoms with Crippen molar-refractivity contribution in [2.24, 2.45) is 0 Å². The van der Waals surface area contributed by atoms with Crippen molar-refractivity contribution in [1.29, 1.82) is 0 Å². The number of benzene rings is 1. The predicted molar refractivity (Wildman–Crippen MR) is 74.4 cm³/mol. The van der Waals surface area contributed by atoms with Gasteiger partial charge in [0.15, 0.2) is 0 Å². The van der Waals surface area contributed by atoms with Crippen LogP contribution in [0.2, 0.25) is 0 Å². The van der Waals surface area contributed by atoms with E-state index in [4.69, 9.17) is 9.05 Å². The Bertz CT molecular complexity index is 448. The Morgan fingerprint density at radius 2 is 1.68 bits per heavy atom. The molecule has 0 heterocycles. The summed E-state index contributed by atoms with van der Waals surface area (Å²) in [5.74, 6) is -0.292. The van der Waals surface area contributed by atoms with E-state index in [1.165, 1.54) is 0 Å². The lowest BCUT2D eigenvalue weighted by Gasteiger charge is -2.17. The molecule has 1 aromatic carbocycles. The lowest BCUT2D eigenvalue weighted by atomic mass is 10.1. The molecule has 0 saturated heterocycles. The number of rotatable bonds is 7. The first-order valence-electron chi connectivity index (χ1n) is 6.23. The molecule has 1 amide bonds. The van der Waals surface area contributed by atoms with Crippen molar-refractivity contribution in [2.45, 2.75) is 20.8 Å². The molecule has 6 heteroatoms. The maximum absolute atomic E-state index is 12.1. The van der Waals surface area contributed by atoms with E-state index >= 15 is 0 Å². The monoisotopic (exact) mass is 285 g/mol. The zero-order valence-corrected chi connectivity index (χ0v) is 12.4. The highest BCUT2D eigenvalue weighted by atomic mass is 31.2. The van der Waals surface area contributed by atoms with Crippen LogP contribution in [0.25, 0.3) is 0 Å². The maximum Gasteiger partial charge on any atom is 0.349 e. The second-order valence-corrected chi connectivity index (χ2v) is 6.03. The third kappa shape index (κ3) is 5.15. The van der Waals surface area contributed by atoms with Gasteiger partial charge in [0.2, 0.25) is 0 Å². The highest BCUT2D eigenvalue weighted by Gasteiger charge is 2.24. The van der Waals surface area contributed by atoms with Gasteiger partial charge in [-0.2, -0.15) is 0 Å². The molecule has 0 aliphatic carbocycles. The average molecular weight is 285 g/mol. The van der Waals surface area contributed by atoms with E-state index in [1.807, 2.05) is 19.1 Å². The Morgan fingerprint density at radius 1 is 1.16 bits per heavy atom. The first kappa shape index (κ1) is 15.9. The molecule has 0 bridgehead atoms. The molecule has 106 valence electrons. The molecule has 1 aromatic rings. The molecule has 0 fully saturated rings. The molecule has 0 spiro atoms. The molecule has 0 atom stereocenters. The minimum Gasteiger partial charge on any atom is -0.340 e. The summed E-state index contributed by atoms with van der Waals surface area (Å²) in [6.07, 6.45) is -0.124. The van der Waals surface area contributed by atoms with E-state index in [0.29, 0.717) is 5.56 Å². The van der Waals surface area contributed by atoms with Crippen LogP contribution in [-0.4, -0.2) is 25.4 Å². The number of amides is 1. The van der Waals surface area contributed by atoms with E-state index in [1.54, 1.807) is 26.0 Å². The van der Waals surface area contributed by atoms with E-state index in [9.17, 15) is 9.36 Å². The van der Waals surface area contributed by atoms with Gasteiger partial charge in [-0.1, -0.05) is 17.7 Å². The van der Waals surface area contributed by atoms with Gasteiger partial charge >= 0.3 is 7.60 Å². The van der Waals surface area contributed by atoms with Gasteiger partial charge in [0, 0.05) is 5.56 Å². The summed E-state index contributed by atoms with van der Waals surface area (Å²) in [6, 6.07) is 7.13. The van der Waals surface area contributed by atoms with Gasteiger partial charge in [-0.25, -0.2) is 0 Å². The molecule has 0 aliphatic heterocycles. The fraction of sp³-hybridized carbons (Fsp3) is 0.462. The fourth-order valence-corrected chi connectivity index (χ4v) is 2.88. The highest BCUT2D eigenvalue weighted by Crippen LogP contribution is 2.46. The van der Waals surface area contributed by atoms with Crippen LogP contribution < -0.4 is 5.32 Å². The second kappa shape index (κ2) is 7.43. The van der Waals surface area contributed by atoms with Crippen LogP contribution in [0.5, 0.6) is 0 Å². The minimum atomic E-state index is -3.24. The summed E-state index contributed by atoms with van der Waals surface area (Å²) in [4.78, 5) is 11.9. The van der Waals surface area contributed by atoms with Crippen LogP contribution in [0.4, 0.5) is 0 Å². The quantitative estimate of drug-likeness (QED) is 0.782. The lowest BCUT2D eigenvalue weighted by Crippen LogP contribution is -2.25. The van der Waals surface area contributed by atoms with Crippen molar-refractivity contribution in [3.05, 3.63) is 35.4 Å². The van der Waals surface area contributed by atoms with Crippen LogP contribution >= 0.6 is 7.60 Å². The van der Waals surface area contributed by atoms with Gasteiger partial charge < -0.3 is 14.4 Å². The summed E-state index contributed by atoms with van der Waals surface area (Å²) in [5, 5.41) is 2.58. The van der Waals surface area contributed by atoms with Gasteiger partial charge in [0.1, 0.15) is 6.29 Å². The largest absolute Gasteiger partial charge is 0.349 e. The van der Waals surface area contributed by atoms with Crippen molar-refractivity contribution in [3.8, 4) is 0 Å². The number of aryl methyl sites for hydroxylation is 1. The molecular weight excluding hydrogens is 265 g/mol. The highest BCUT2D eigenvalue weighted by molar-refractivity contribution is 7.53. The molecule has 0 radical (unpaired) electrons. The van der Waals surface area contributed by atoms with Gasteiger partial charge in [-0.05, 0) is 32.9 Å². The summed E-state index contributed by atoms with van der Waals surface area (Å²) < 4.78 is 22.3. The standard InChI is InChI=1S/C13H20NO4P/c1-4-17-19(16,18-5-2)10-14-13(15)12-8-6-11(3)7-9-12/h6-9H,4-5,10H2,1-3H3,(H,14,15). The molecule has 19 heavy (non-hydrogen) atoms.